The molecule has 188 valence electrons. The van der Waals surface area contributed by atoms with E-state index in [2.05, 4.69) is 20.8 Å². The van der Waals surface area contributed by atoms with E-state index in [-0.39, 0.29) is 44.3 Å². The molecular formula is C22H27N5O8. The average molecular weight is 489 g/mol. The molecule has 0 fully saturated rings. The Kier molecular flexibility index (Phi) is 10.3. The van der Waals surface area contributed by atoms with Crippen LogP contribution in [0.1, 0.15) is 44.3 Å². The summed E-state index contributed by atoms with van der Waals surface area (Å²) < 4.78 is 5.18. The van der Waals surface area contributed by atoms with Gasteiger partial charge in [0, 0.05) is 31.2 Å². The summed E-state index contributed by atoms with van der Waals surface area (Å²) in [6, 6.07) is 6.62. The number of nitrogens with one attached hydrogen (secondary N) is 2. The molecule has 2 atom stereocenters. The van der Waals surface area contributed by atoms with Crippen molar-refractivity contribution in [2.24, 2.45) is 5.73 Å². The normalized spacial score (nSPS) is 12.3. The van der Waals surface area contributed by atoms with Gasteiger partial charge in [0.2, 0.25) is 17.7 Å². The van der Waals surface area contributed by atoms with E-state index in [1.165, 1.54) is 0 Å². The molecule has 2 aromatic rings. The Balaban J connectivity index is 1.95. The molecule has 1 heterocycles. The van der Waals surface area contributed by atoms with Gasteiger partial charge in [-0.2, -0.15) is 4.98 Å². The van der Waals surface area contributed by atoms with Crippen LogP contribution in [0.5, 0.6) is 0 Å². The molecular weight excluding hydrogens is 462 g/mol. The second-order valence-corrected chi connectivity index (χ2v) is 7.68. The van der Waals surface area contributed by atoms with Crippen molar-refractivity contribution in [2.45, 2.75) is 57.0 Å². The van der Waals surface area contributed by atoms with Crippen LogP contribution in [-0.4, -0.2) is 62.1 Å². The SMILES string of the molecule is NC(=O)C(CCCC(=O)O)NC(=O)C(CCC(=O)O)NC(=O)CCc1noc(-c2ccccc2)n1. The number of rotatable bonds is 15. The zero-order chi connectivity index (χ0) is 25.8. The maximum absolute atomic E-state index is 12.7. The number of carbonyl (C=O) groups excluding carboxylic acids is 3. The highest BCUT2D eigenvalue weighted by molar-refractivity contribution is 5.91. The molecule has 1 aromatic heterocycles. The number of amides is 3. The van der Waals surface area contributed by atoms with Crippen LogP contribution in [0.3, 0.4) is 0 Å². The summed E-state index contributed by atoms with van der Waals surface area (Å²) in [5.41, 5.74) is 5.99. The molecule has 0 aliphatic heterocycles. The summed E-state index contributed by atoms with van der Waals surface area (Å²) >= 11 is 0. The minimum Gasteiger partial charge on any atom is -0.481 e. The fourth-order valence-corrected chi connectivity index (χ4v) is 3.10. The summed E-state index contributed by atoms with van der Waals surface area (Å²) in [6.45, 7) is 0. The first-order chi connectivity index (χ1) is 16.7. The first-order valence-electron chi connectivity index (χ1n) is 10.9. The van der Waals surface area contributed by atoms with E-state index in [4.69, 9.17) is 20.5 Å². The minimum absolute atomic E-state index is 0.0193. The summed E-state index contributed by atoms with van der Waals surface area (Å²) in [4.78, 5) is 62.6. The summed E-state index contributed by atoms with van der Waals surface area (Å²) in [5, 5.41) is 26.3. The van der Waals surface area contributed by atoms with Gasteiger partial charge < -0.3 is 31.1 Å². The highest BCUT2D eigenvalue weighted by atomic mass is 16.5. The Morgan fingerprint density at radius 3 is 2.23 bits per heavy atom. The molecule has 1 aromatic carbocycles. The van der Waals surface area contributed by atoms with E-state index >= 15 is 0 Å². The van der Waals surface area contributed by atoms with Gasteiger partial charge in [-0.15, -0.1) is 0 Å². The van der Waals surface area contributed by atoms with Crippen molar-refractivity contribution < 1.29 is 38.7 Å². The van der Waals surface area contributed by atoms with Gasteiger partial charge in [-0.1, -0.05) is 23.4 Å². The lowest BCUT2D eigenvalue weighted by atomic mass is 10.1. The van der Waals surface area contributed by atoms with E-state index in [1.807, 2.05) is 18.2 Å². The number of hydrogen-bond acceptors (Lipinski definition) is 8. The molecule has 0 saturated heterocycles. The molecule has 0 aliphatic rings. The lowest BCUT2D eigenvalue weighted by Gasteiger charge is -2.21. The molecule has 0 saturated carbocycles. The van der Waals surface area contributed by atoms with Crippen LogP contribution in [0, 0.1) is 0 Å². The van der Waals surface area contributed by atoms with Crippen molar-refractivity contribution in [2.75, 3.05) is 0 Å². The van der Waals surface area contributed by atoms with E-state index in [1.54, 1.807) is 12.1 Å². The van der Waals surface area contributed by atoms with Crippen molar-refractivity contribution in [1.82, 2.24) is 20.8 Å². The van der Waals surface area contributed by atoms with Crippen LogP contribution in [-0.2, 0) is 30.4 Å². The molecule has 0 bridgehead atoms. The standard InChI is InChI=1S/C22H27N5O8/c23-20(33)14(7-4-8-18(29)30)25-21(34)15(9-12-19(31)32)24-17(28)11-10-16-26-22(35-27-16)13-5-2-1-3-6-13/h1-3,5-6,14-15H,4,7-12H2,(H2,23,33)(H,24,28)(H,25,34)(H,29,30)(H,31,32). The van der Waals surface area contributed by atoms with E-state index < -0.39 is 48.2 Å². The molecule has 35 heavy (non-hydrogen) atoms. The van der Waals surface area contributed by atoms with Crippen LogP contribution in [0.25, 0.3) is 11.5 Å². The van der Waals surface area contributed by atoms with Crippen molar-refractivity contribution >= 4 is 29.7 Å². The zero-order valence-corrected chi connectivity index (χ0v) is 18.8. The number of aliphatic carboxylic acids is 2. The largest absolute Gasteiger partial charge is 0.481 e. The molecule has 0 aliphatic carbocycles. The van der Waals surface area contributed by atoms with Gasteiger partial charge in [0.25, 0.3) is 5.89 Å². The summed E-state index contributed by atoms with van der Waals surface area (Å²) in [5.74, 6) is -3.92. The first-order valence-corrected chi connectivity index (χ1v) is 10.9. The zero-order valence-electron chi connectivity index (χ0n) is 18.8. The Morgan fingerprint density at radius 2 is 1.60 bits per heavy atom. The van der Waals surface area contributed by atoms with E-state index in [9.17, 15) is 24.0 Å². The van der Waals surface area contributed by atoms with Crippen molar-refractivity contribution in [3.63, 3.8) is 0 Å². The van der Waals surface area contributed by atoms with Gasteiger partial charge in [-0.05, 0) is 31.4 Å². The monoisotopic (exact) mass is 489 g/mol. The molecule has 2 unspecified atom stereocenters. The molecule has 6 N–H and O–H groups in total. The second-order valence-electron chi connectivity index (χ2n) is 7.68. The minimum atomic E-state index is -1.25. The van der Waals surface area contributed by atoms with Crippen molar-refractivity contribution in [1.29, 1.82) is 0 Å². The fourth-order valence-electron chi connectivity index (χ4n) is 3.10. The van der Waals surface area contributed by atoms with Gasteiger partial charge in [0.1, 0.15) is 12.1 Å². The summed E-state index contributed by atoms with van der Waals surface area (Å²) in [6.07, 6.45) is -0.796. The quantitative estimate of drug-likeness (QED) is 0.230. The third-order valence-electron chi connectivity index (χ3n) is 4.91. The molecule has 13 nitrogen and oxygen atoms in total. The maximum atomic E-state index is 12.7. The van der Waals surface area contributed by atoms with Crippen LogP contribution < -0.4 is 16.4 Å². The Labute approximate surface area is 200 Å². The summed E-state index contributed by atoms with van der Waals surface area (Å²) in [7, 11) is 0. The Bertz CT molecular complexity index is 1040. The van der Waals surface area contributed by atoms with E-state index in [0.717, 1.165) is 0 Å². The van der Waals surface area contributed by atoms with Gasteiger partial charge in [-0.25, -0.2) is 0 Å². The molecule has 13 heteroatoms. The third kappa shape index (κ3) is 9.61. The second kappa shape index (κ2) is 13.4. The highest BCUT2D eigenvalue weighted by Gasteiger charge is 2.26. The van der Waals surface area contributed by atoms with E-state index in [0.29, 0.717) is 11.5 Å². The number of aryl methyl sites for hydroxylation is 1. The first kappa shape index (κ1) is 27.0. The number of nitrogens with zero attached hydrogens (tertiary/aromatic N) is 2. The Hall–Kier alpha value is -4.29. The average Bonchev–Trinajstić information content (AvgIpc) is 3.29. The molecule has 2 rings (SSSR count). The lowest BCUT2D eigenvalue weighted by molar-refractivity contribution is -0.138. The number of primary amides is 1. The number of hydrogen-bond donors (Lipinski definition) is 5. The number of carboxylic acid groups (broad SMARTS) is 2. The number of benzene rings is 1. The number of carbonyl (C=O) groups is 5. The van der Waals surface area contributed by atoms with Crippen molar-refractivity contribution in [3.8, 4) is 11.5 Å². The fraction of sp³-hybridized carbons (Fsp3) is 0.409. The number of carboxylic acids is 2. The number of nitrogens with two attached hydrogens (primary N) is 1. The predicted octanol–water partition coefficient (Wildman–Crippen LogP) is 0.244. The van der Waals surface area contributed by atoms with Crippen LogP contribution >= 0.6 is 0 Å². The maximum Gasteiger partial charge on any atom is 0.303 e. The van der Waals surface area contributed by atoms with Gasteiger partial charge in [0.15, 0.2) is 5.82 Å². The molecule has 0 spiro atoms. The third-order valence-corrected chi connectivity index (χ3v) is 4.91. The van der Waals surface area contributed by atoms with Crippen LogP contribution in [0.2, 0.25) is 0 Å². The van der Waals surface area contributed by atoms with Gasteiger partial charge in [-0.3, -0.25) is 24.0 Å². The number of aromatic nitrogens is 2. The molecule has 3 amide bonds. The van der Waals surface area contributed by atoms with Gasteiger partial charge >= 0.3 is 11.9 Å². The highest BCUT2D eigenvalue weighted by Crippen LogP contribution is 2.16. The van der Waals surface area contributed by atoms with Gasteiger partial charge in [0.05, 0.1) is 0 Å². The molecule has 0 radical (unpaired) electrons. The van der Waals surface area contributed by atoms with Crippen molar-refractivity contribution in [3.05, 3.63) is 36.2 Å². The predicted molar refractivity (Wildman–Crippen MR) is 119 cm³/mol. The van der Waals surface area contributed by atoms with Crippen LogP contribution in [0.15, 0.2) is 34.9 Å². The smallest absolute Gasteiger partial charge is 0.303 e. The Morgan fingerprint density at radius 1 is 0.914 bits per heavy atom. The lowest BCUT2D eigenvalue weighted by Crippen LogP contribution is -2.53. The van der Waals surface area contributed by atoms with Crippen LogP contribution in [0.4, 0.5) is 0 Å². The topological polar surface area (TPSA) is 215 Å².